The van der Waals surface area contributed by atoms with Crippen LogP contribution in [0.25, 0.3) is 0 Å². The maximum atomic E-state index is 14.9. The summed E-state index contributed by atoms with van der Waals surface area (Å²) in [4.78, 5) is 28.5. The van der Waals surface area contributed by atoms with Crippen molar-refractivity contribution in [3.05, 3.63) is 94.8 Å². The summed E-state index contributed by atoms with van der Waals surface area (Å²) in [5.41, 5.74) is 0.743. The zero-order chi connectivity index (χ0) is 32.6. The summed E-state index contributed by atoms with van der Waals surface area (Å²) in [6, 6.07) is 7.95. The quantitative estimate of drug-likeness (QED) is 0.243. The summed E-state index contributed by atoms with van der Waals surface area (Å²) in [5, 5.41) is 7.26. The van der Waals surface area contributed by atoms with E-state index in [0.717, 1.165) is 30.5 Å². The fourth-order valence-corrected chi connectivity index (χ4v) is 4.85. The van der Waals surface area contributed by atoms with E-state index < -0.39 is 66.1 Å². The van der Waals surface area contributed by atoms with Crippen molar-refractivity contribution in [2.45, 2.75) is 43.6 Å². The molecule has 2 aromatic carbocycles. The molecule has 3 N–H and O–H groups in total. The molecule has 1 saturated heterocycles. The summed E-state index contributed by atoms with van der Waals surface area (Å²) in [5.74, 6) is -4.44. The van der Waals surface area contributed by atoms with Crippen LogP contribution in [0.15, 0.2) is 54.9 Å². The Morgan fingerprint density at radius 2 is 1.64 bits per heavy atom. The number of rotatable bonds is 11. The first kappa shape index (κ1) is 33.6. The molecule has 0 aliphatic carbocycles. The molecule has 2 amide bonds. The van der Waals surface area contributed by atoms with E-state index in [9.17, 15) is 40.3 Å². The Bertz CT molecular complexity index is 1450. The fourth-order valence-electron chi connectivity index (χ4n) is 4.85. The van der Waals surface area contributed by atoms with Crippen molar-refractivity contribution >= 4 is 17.7 Å². The molecule has 242 valence electrons. The molecule has 3 aromatic rings. The predicted molar refractivity (Wildman–Crippen MR) is 147 cm³/mol. The van der Waals surface area contributed by atoms with Crippen molar-refractivity contribution in [2.24, 2.45) is 0 Å². The third kappa shape index (κ3) is 10.4. The molecule has 8 nitrogen and oxygen atoms in total. The smallest absolute Gasteiger partial charge is 0.407 e. The van der Waals surface area contributed by atoms with E-state index in [4.69, 9.17) is 9.47 Å². The van der Waals surface area contributed by atoms with Crippen molar-refractivity contribution in [3.63, 3.8) is 0 Å². The number of alkyl carbamates (subject to hydrolysis) is 1. The summed E-state index contributed by atoms with van der Waals surface area (Å²) >= 11 is 0. The van der Waals surface area contributed by atoms with Gasteiger partial charge in [0.1, 0.15) is 42.5 Å². The SMILES string of the molecule is O=C(C[C@@H](c1ccc(F)cc1)c1cc(F)cc(F)c1)Nc1cncc(F)c1CC[C@@H]1CNC[C@@H](COC(=O)NCC(F)(F)F)O1. The number of nitrogens with one attached hydrogen (secondary N) is 3. The number of carbonyl (C=O) groups is 2. The summed E-state index contributed by atoms with van der Waals surface area (Å²) in [6.07, 6.45) is -4.77. The van der Waals surface area contributed by atoms with Crippen molar-refractivity contribution in [3.8, 4) is 0 Å². The van der Waals surface area contributed by atoms with Gasteiger partial charge in [0.25, 0.3) is 0 Å². The van der Waals surface area contributed by atoms with E-state index in [-0.39, 0.29) is 49.2 Å². The van der Waals surface area contributed by atoms with Gasteiger partial charge in [-0.2, -0.15) is 13.2 Å². The van der Waals surface area contributed by atoms with Crippen LogP contribution in [0.5, 0.6) is 0 Å². The standard InChI is InChI=1S/C30H29F7N4O4/c31-19-3-1-17(2-4-19)25(18-7-20(32)9-21(33)8-18)10-28(42)41-27-14-39-13-26(34)24(27)6-5-22-11-38-12-23(45-22)15-44-29(43)40-16-30(35,36)37/h1-4,7-9,13-14,22-23,25,38H,5-6,10-12,15-16H2,(H,40,43)(H,41,42)/t22-,23+,25+/m1/s1. The number of ether oxygens (including phenoxy) is 2. The molecule has 4 rings (SSSR count). The number of nitrogens with zero attached hydrogens (tertiary/aromatic N) is 1. The minimum absolute atomic E-state index is 0.0632. The molecule has 1 aliphatic heterocycles. The highest BCUT2D eigenvalue weighted by atomic mass is 19.4. The van der Waals surface area contributed by atoms with Crippen LogP contribution in [-0.4, -0.2) is 61.6 Å². The molecule has 15 heteroatoms. The first-order chi connectivity index (χ1) is 21.4. The van der Waals surface area contributed by atoms with Gasteiger partial charge in [0, 0.05) is 37.1 Å². The van der Waals surface area contributed by atoms with Crippen molar-refractivity contribution in [1.82, 2.24) is 15.6 Å². The Labute approximate surface area is 253 Å². The molecular formula is C30H29F7N4O4. The number of alkyl halides is 3. The second kappa shape index (κ2) is 15.2. The predicted octanol–water partition coefficient (Wildman–Crippen LogP) is 5.38. The maximum absolute atomic E-state index is 14.9. The van der Waals surface area contributed by atoms with Crippen LogP contribution in [0.4, 0.5) is 41.2 Å². The normalized spacial score (nSPS) is 17.4. The maximum Gasteiger partial charge on any atom is 0.407 e. The van der Waals surface area contributed by atoms with Crippen LogP contribution in [0, 0.1) is 23.3 Å². The lowest BCUT2D eigenvalue weighted by molar-refractivity contribution is -0.124. The second-order valence-corrected chi connectivity index (χ2v) is 10.4. The first-order valence-electron chi connectivity index (χ1n) is 13.8. The Morgan fingerprint density at radius 3 is 2.33 bits per heavy atom. The van der Waals surface area contributed by atoms with E-state index in [1.165, 1.54) is 18.3 Å². The second-order valence-electron chi connectivity index (χ2n) is 10.4. The van der Waals surface area contributed by atoms with Gasteiger partial charge in [0.05, 0.1) is 24.2 Å². The van der Waals surface area contributed by atoms with Gasteiger partial charge in [0.2, 0.25) is 5.91 Å². The molecule has 0 saturated carbocycles. The van der Waals surface area contributed by atoms with E-state index in [1.807, 2.05) is 0 Å². The Kier molecular flexibility index (Phi) is 11.3. The molecule has 3 atom stereocenters. The van der Waals surface area contributed by atoms with Crippen LogP contribution in [0.3, 0.4) is 0 Å². The van der Waals surface area contributed by atoms with Crippen molar-refractivity contribution < 1.29 is 49.8 Å². The monoisotopic (exact) mass is 642 g/mol. The minimum atomic E-state index is -4.58. The third-order valence-electron chi connectivity index (χ3n) is 6.91. The summed E-state index contributed by atoms with van der Waals surface area (Å²) in [7, 11) is 0. The zero-order valence-corrected chi connectivity index (χ0v) is 23.6. The highest BCUT2D eigenvalue weighted by Crippen LogP contribution is 2.31. The lowest BCUT2D eigenvalue weighted by Gasteiger charge is -2.30. The average molecular weight is 643 g/mol. The Hall–Kier alpha value is -4.24. The molecule has 2 heterocycles. The number of aromatic nitrogens is 1. The lowest BCUT2D eigenvalue weighted by atomic mass is 9.88. The molecule has 1 aliphatic rings. The molecule has 1 fully saturated rings. The van der Waals surface area contributed by atoms with Gasteiger partial charge in [0.15, 0.2) is 0 Å². The van der Waals surface area contributed by atoms with Gasteiger partial charge in [-0.25, -0.2) is 22.4 Å². The number of pyridine rings is 1. The number of morpholine rings is 1. The van der Waals surface area contributed by atoms with Crippen molar-refractivity contribution in [1.29, 1.82) is 0 Å². The van der Waals surface area contributed by atoms with E-state index in [1.54, 1.807) is 5.32 Å². The van der Waals surface area contributed by atoms with Gasteiger partial charge >= 0.3 is 12.3 Å². The fraction of sp³-hybridized carbons (Fsp3) is 0.367. The van der Waals surface area contributed by atoms with Gasteiger partial charge in [-0.15, -0.1) is 0 Å². The Balaban J connectivity index is 1.38. The van der Waals surface area contributed by atoms with Gasteiger partial charge in [-0.3, -0.25) is 9.78 Å². The number of halogens is 7. The molecule has 45 heavy (non-hydrogen) atoms. The number of benzene rings is 2. The first-order valence-corrected chi connectivity index (χ1v) is 13.8. The number of amides is 2. The topological polar surface area (TPSA) is 102 Å². The van der Waals surface area contributed by atoms with Gasteiger partial charge in [-0.1, -0.05) is 12.1 Å². The number of carbonyl (C=O) groups excluding carboxylic acids is 2. The van der Waals surface area contributed by atoms with Gasteiger partial charge < -0.3 is 25.4 Å². The van der Waals surface area contributed by atoms with Crippen LogP contribution in [0.2, 0.25) is 0 Å². The van der Waals surface area contributed by atoms with E-state index in [0.29, 0.717) is 18.2 Å². The number of hydrogen-bond donors (Lipinski definition) is 3. The number of anilines is 1. The molecule has 0 bridgehead atoms. The molecule has 0 spiro atoms. The van der Waals surface area contributed by atoms with Crippen LogP contribution in [-0.2, 0) is 20.7 Å². The summed E-state index contributed by atoms with van der Waals surface area (Å²) < 4.78 is 104. The van der Waals surface area contributed by atoms with Crippen LogP contribution in [0.1, 0.15) is 35.4 Å². The average Bonchev–Trinajstić information content (AvgIpc) is 2.97. The number of hydrogen-bond acceptors (Lipinski definition) is 6. The highest BCUT2D eigenvalue weighted by molar-refractivity contribution is 5.92. The summed E-state index contributed by atoms with van der Waals surface area (Å²) in [6.45, 7) is -1.24. The molecule has 1 aromatic heterocycles. The minimum Gasteiger partial charge on any atom is -0.447 e. The van der Waals surface area contributed by atoms with E-state index in [2.05, 4.69) is 15.6 Å². The van der Waals surface area contributed by atoms with Crippen LogP contribution < -0.4 is 16.0 Å². The lowest BCUT2D eigenvalue weighted by Crippen LogP contribution is -2.47. The van der Waals surface area contributed by atoms with Gasteiger partial charge in [-0.05, 0) is 48.2 Å². The highest BCUT2D eigenvalue weighted by Gasteiger charge is 2.29. The zero-order valence-electron chi connectivity index (χ0n) is 23.6. The molecular weight excluding hydrogens is 613 g/mol. The van der Waals surface area contributed by atoms with Crippen LogP contribution >= 0.6 is 0 Å². The van der Waals surface area contributed by atoms with Crippen molar-refractivity contribution in [2.75, 3.05) is 31.6 Å². The molecule has 0 unspecified atom stereocenters. The third-order valence-corrected chi connectivity index (χ3v) is 6.91. The molecule has 0 radical (unpaired) electrons. The largest absolute Gasteiger partial charge is 0.447 e. The Morgan fingerprint density at radius 1 is 0.956 bits per heavy atom. The van der Waals surface area contributed by atoms with E-state index >= 15 is 0 Å².